The van der Waals surface area contributed by atoms with E-state index in [1.54, 1.807) is 0 Å². The van der Waals surface area contributed by atoms with Crippen LogP contribution in [0, 0.1) is 5.92 Å². The van der Waals surface area contributed by atoms with Crippen molar-refractivity contribution < 1.29 is 0 Å². The molecule has 0 radical (unpaired) electrons. The fourth-order valence-corrected chi connectivity index (χ4v) is 1.66. The number of nitrogens with one attached hydrogen (secondary N) is 3. The molecule has 0 amide bonds. The SMILES string of the molecule is CCC(CC)CNC(=NC)NCCNC(C)(C)C.I. The van der Waals surface area contributed by atoms with Gasteiger partial charge in [-0.1, -0.05) is 26.7 Å². The topological polar surface area (TPSA) is 48.5 Å². The molecule has 0 bridgehead atoms. The monoisotopic (exact) mass is 384 g/mol. The van der Waals surface area contributed by atoms with Crippen molar-refractivity contribution >= 4 is 29.9 Å². The molecule has 0 atom stereocenters. The van der Waals surface area contributed by atoms with Crippen LogP contribution in [0.1, 0.15) is 47.5 Å². The van der Waals surface area contributed by atoms with E-state index in [2.05, 4.69) is 55.6 Å². The lowest BCUT2D eigenvalue weighted by Gasteiger charge is -2.21. The highest BCUT2D eigenvalue weighted by Gasteiger charge is 2.08. The third-order valence-corrected chi connectivity index (χ3v) is 3.01. The molecule has 0 saturated carbocycles. The Hall–Kier alpha value is -0.0400. The van der Waals surface area contributed by atoms with Crippen LogP contribution in [-0.4, -0.2) is 38.2 Å². The molecule has 0 aromatic carbocycles. The molecule has 0 aliphatic carbocycles. The second-order valence-corrected chi connectivity index (χ2v) is 5.74. The van der Waals surface area contributed by atoms with Crippen LogP contribution < -0.4 is 16.0 Å². The molecule has 5 heteroatoms. The number of aliphatic imine (C=N–C) groups is 1. The summed E-state index contributed by atoms with van der Waals surface area (Å²) in [5, 5.41) is 10.1. The Morgan fingerprint density at radius 1 is 1.05 bits per heavy atom. The standard InChI is InChI=1S/C14H32N4.HI/c1-7-12(8-2)11-17-13(15-6)16-9-10-18-14(3,4)5;/h12,18H,7-11H2,1-6H3,(H2,15,16,17);1H. The van der Waals surface area contributed by atoms with E-state index in [9.17, 15) is 0 Å². The Morgan fingerprint density at radius 2 is 1.63 bits per heavy atom. The van der Waals surface area contributed by atoms with Crippen LogP contribution in [0.5, 0.6) is 0 Å². The van der Waals surface area contributed by atoms with Crippen LogP contribution in [0.3, 0.4) is 0 Å². The van der Waals surface area contributed by atoms with Gasteiger partial charge < -0.3 is 16.0 Å². The maximum Gasteiger partial charge on any atom is 0.191 e. The molecule has 0 aromatic heterocycles. The van der Waals surface area contributed by atoms with Crippen LogP contribution >= 0.6 is 24.0 Å². The van der Waals surface area contributed by atoms with E-state index in [1.807, 2.05) is 7.05 Å². The van der Waals surface area contributed by atoms with Crippen LogP contribution in [0.2, 0.25) is 0 Å². The maximum absolute atomic E-state index is 4.23. The minimum atomic E-state index is 0. The Labute approximate surface area is 136 Å². The summed E-state index contributed by atoms with van der Waals surface area (Å²) in [4.78, 5) is 4.23. The number of halogens is 1. The molecule has 0 aliphatic heterocycles. The average molecular weight is 384 g/mol. The number of hydrogen-bond donors (Lipinski definition) is 3. The van der Waals surface area contributed by atoms with Crippen molar-refractivity contribution in [2.75, 3.05) is 26.7 Å². The second-order valence-electron chi connectivity index (χ2n) is 5.74. The predicted molar refractivity (Wildman–Crippen MR) is 96.6 cm³/mol. The lowest BCUT2D eigenvalue weighted by Crippen LogP contribution is -2.45. The first kappa shape index (κ1) is 21.3. The van der Waals surface area contributed by atoms with Gasteiger partial charge >= 0.3 is 0 Å². The Bertz CT molecular complexity index is 232. The molecular formula is C14H33IN4. The lowest BCUT2D eigenvalue weighted by atomic mass is 10.0. The highest BCUT2D eigenvalue weighted by Crippen LogP contribution is 2.04. The lowest BCUT2D eigenvalue weighted by molar-refractivity contribution is 0.427. The average Bonchev–Trinajstić information content (AvgIpc) is 2.31. The molecule has 0 fully saturated rings. The minimum absolute atomic E-state index is 0. The third kappa shape index (κ3) is 12.7. The summed E-state index contributed by atoms with van der Waals surface area (Å²) < 4.78 is 0. The zero-order valence-electron chi connectivity index (χ0n) is 13.5. The van der Waals surface area contributed by atoms with Crippen LogP contribution in [0.4, 0.5) is 0 Å². The van der Waals surface area contributed by atoms with Gasteiger partial charge in [-0.15, -0.1) is 24.0 Å². The van der Waals surface area contributed by atoms with Crippen molar-refractivity contribution in [3.05, 3.63) is 0 Å². The van der Waals surface area contributed by atoms with Crippen LogP contribution in [-0.2, 0) is 0 Å². The molecule has 0 aromatic rings. The van der Waals surface area contributed by atoms with E-state index in [4.69, 9.17) is 0 Å². The van der Waals surface area contributed by atoms with Crippen LogP contribution in [0.15, 0.2) is 4.99 Å². The van der Waals surface area contributed by atoms with E-state index in [-0.39, 0.29) is 29.5 Å². The maximum atomic E-state index is 4.23. The molecule has 0 aliphatic rings. The van der Waals surface area contributed by atoms with E-state index in [0.717, 1.165) is 31.5 Å². The molecule has 0 rings (SSSR count). The highest BCUT2D eigenvalue weighted by atomic mass is 127. The minimum Gasteiger partial charge on any atom is -0.356 e. The van der Waals surface area contributed by atoms with Gasteiger partial charge in [-0.3, -0.25) is 4.99 Å². The van der Waals surface area contributed by atoms with Crippen molar-refractivity contribution in [2.24, 2.45) is 10.9 Å². The van der Waals surface area contributed by atoms with Crippen molar-refractivity contribution in [3.8, 4) is 0 Å². The third-order valence-electron chi connectivity index (χ3n) is 3.01. The van der Waals surface area contributed by atoms with Gasteiger partial charge in [0.15, 0.2) is 5.96 Å². The van der Waals surface area contributed by atoms with Gasteiger partial charge in [-0.25, -0.2) is 0 Å². The first-order valence-electron chi connectivity index (χ1n) is 7.12. The summed E-state index contributed by atoms with van der Waals surface area (Å²) in [5.74, 6) is 1.63. The Morgan fingerprint density at radius 3 is 2.05 bits per heavy atom. The van der Waals surface area contributed by atoms with Crippen LogP contribution in [0.25, 0.3) is 0 Å². The van der Waals surface area contributed by atoms with E-state index >= 15 is 0 Å². The van der Waals surface area contributed by atoms with Crippen molar-refractivity contribution in [1.82, 2.24) is 16.0 Å². The van der Waals surface area contributed by atoms with Gasteiger partial charge in [-0.05, 0) is 26.7 Å². The zero-order chi connectivity index (χ0) is 14.0. The Balaban J connectivity index is 0. The highest BCUT2D eigenvalue weighted by molar-refractivity contribution is 14.0. The molecule has 19 heavy (non-hydrogen) atoms. The quantitative estimate of drug-likeness (QED) is 0.274. The van der Waals surface area contributed by atoms with E-state index in [1.165, 1.54) is 12.8 Å². The zero-order valence-corrected chi connectivity index (χ0v) is 15.8. The van der Waals surface area contributed by atoms with Crippen molar-refractivity contribution in [2.45, 2.75) is 53.0 Å². The largest absolute Gasteiger partial charge is 0.356 e. The molecule has 0 unspecified atom stereocenters. The van der Waals surface area contributed by atoms with Gasteiger partial charge in [0.1, 0.15) is 0 Å². The normalized spacial score (nSPS) is 12.3. The van der Waals surface area contributed by atoms with Crippen molar-refractivity contribution in [1.29, 1.82) is 0 Å². The molecule has 3 N–H and O–H groups in total. The van der Waals surface area contributed by atoms with Gasteiger partial charge in [-0.2, -0.15) is 0 Å². The fourth-order valence-electron chi connectivity index (χ4n) is 1.66. The molecular weight excluding hydrogens is 351 g/mol. The Kier molecular flexibility index (Phi) is 13.2. The smallest absolute Gasteiger partial charge is 0.191 e. The summed E-state index contributed by atoms with van der Waals surface area (Å²) >= 11 is 0. The summed E-state index contributed by atoms with van der Waals surface area (Å²) in [6.07, 6.45) is 2.43. The number of nitrogens with zero attached hydrogens (tertiary/aromatic N) is 1. The van der Waals surface area contributed by atoms with Gasteiger partial charge in [0.2, 0.25) is 0 Å². The fraction of sp³-hybridized carbons (Fsp3) is 0.929. The van der Waals surface area contributed by atoms with E-state index < -0.39 is 0 Å². The summed E-state index contributed by atoms with van der Waals surface area (Å²) in [6, 6.07) is 0. The molecule has 116 valence electrons. The molecule has 4 nitrogen and oxygen atoms in total. The summed E-state index contributed by atoms with van der Waals surface area (Å²) in [7, 11) is 1.82. The summed E-state index contributed by atoms with van der Waals surface area (Å²) in [5.41, 5.74) is 0.175. The van der Waals surface area contributed by atoms with Crippen molar-refractivity contribution in [3.63, 3.8) is 0 Å². The first-order chi connectivity index (χ1) is 8.42. The number of guanidine groups is 1. The first-order valence-corrected chi connectivity index (χ1v) is 7.12. The number of rotatable bonds is 7. The predicted octanol–water partition coefficient (Wildman–Crippen LogP) is 2.59. The summed E-state index contributed by atoms with van der Waals surface area (Å²) in [6.45, 7) is 13.8. The second kappa shape index (κ2) is 11.8. The molecule has 0 spiro atoms. The molecule has 0 heterocycles. The number of hydrogen-bond acceptors (Lipinski definition) is 2. The van der Waals surface area contributed by atoms with Gasteiger partial charge in [0.25, 0.3) is 0 Å². The van der Waals surface area contributed by atoms with E-state index in [0.29, 0.717) is 0 Å². The van der Waals surface area contributed by atoms with Gasteiger partial charge in [0, 0.05) is 32.2 Å². The van der Waals surface area contributed by atoms with Gasteiger partial charge in [0.05, 0.1) is 0 Å². The molecule has 0 saturated heterocycles.